The first-order valence-electron chi connectivity index (χ1n) is 8.73. The molecule has 0 aliphatic heterocycles. The van der Waals surface area contributed by atoms with Gasteiger partial charge in [0, 0.05) is 24.2 Å². The fourth-order valence-electron chi connectivity index (χ4n) is 3.20. The van der Waals surface area contributed by atoms with Gasteiger partial charge in [0.2, 0.25) is 5.88 Å². The number of sulfone groups is 1. The van der Waals surface area contributed by atoms with E-state index in [-0.39, 0.29) is 10.7 Å². The van der Waals surface area contributed by atoms with Gasteiger partial charge in [0.25, 0.3) is 0 Å². The zero-order chi connectivity index (χ0) is 20.8. The number of aryl methyl sites for hydroxylation is 1. The first-order valence-corrected chi connectivity index (χ1v) is 10.6. The number of benzene rings is 1. The van der Waals surface area contributed by atoms with E-state index in [9.17, 15) is 8.42 Å². The number of imidazole rings is 1. The number of hydrogen-bond acceptors (Lipinski definition) is 7. The number of pyridine rings is 1. The van der Waals surface area contributed by atoms with Gasteiger partial charge in [-0.3, -0.25) is 4.40 Å². The molecule has 0 amide bonds. The molecule has 0 spiro atoms. The maximum absolute atomic E-state index is 12.0. The molecule has 3 heterocycles. The highest BCUT2D eigenvalue weighted by Gasteiger charge is 2.17. The van der Waals surface area contributed by atoms with E-state index < -0.39 is 9.84 Å². The Kier molecular flexibility index (Phi) is 4.46. The zero-order valence-electron chi connectivity index (χ0n) is 16.1. The second-order valence-corrected chi connectivity index (χ2v) is 8.67. The second-order valence-electron chi connectivity index (χ2n) is 6.66. The Morgan fingerprint density at radius 2 is 1.93 bits per heavy atom. The van der Waals surface area contributed by atoms with Crippen LogP contribution in [0.2, 0.25) is 0 Å². The third-order valence-corrected chi connectivity index (χ3v) is 5.78. The molecule has 1 aromatic carbocycles. The molecule has 0 atom stereocenters. The van der Waals surface area contributed by atoms with Crippen LogP contribution < -0.4 is 10.5 Å². The number of ether oxygens (including phenoxy) is 1. The summed E-state index contributed by atoms with van der Waals surface area (Å²) in [7, 11) is -1.81. The first kappa shape index (κ1) is 18.9. The third-order valence-electron chi connectivity index (χ3n) is 4.67. The Balaban J connectivity index is 1.98. The van der Waals surface area contributed by atoms with Crippen LogP contribution in [0.1, 0.15) is 5.56 Å². The lowest BCUT2D eigenvalue weighted by Crippen LogP contribution is -2.02. The van der Waals surface area contributed by atoms with Gasteiger partial charge in [-0.15, -0.1) is 0 Å². The van der Waals surface area contributed by atoms with Crippen molar-refractivity contribution >= 4 is 21.3 Å². The smallest absolute Gasteiger partial charge is 0.222 e. The van der Waals surface area contributed by atoms with Gasteiger partial charge in [-0.1, -0.05) is 6.07 Å². The summed E-state index contributed by atoms with van der Waals surface area (Å²) in [6.45, 7) is 1.91. The van der Waals surface area contributed by atoms with Gasteiger partial charge in [-0.05, 0) is 36.8 Å². The molecule has 9 heteroatoms. The Morgan fingerprint density at radius 3 is 2.66 bits per heavy atom. The van der Waals surface area contributed by atoms with Crippen LogP contribution in [0.25, 0.3) is 28.2 Å². The van der Waals surface area contributed by atoms with Crippen LogP contribution >= 0.6 is 0 Å². The van der Waals surface area contributed by atoms with Gasteiger partial charge in [0.05, 0.1) is 35.2 Å². The number of fused-ring (bicyclic) bond motifs is 1. The van der Waals surface area contributed by atoms with Crippen molar-refractivity contribution in [2.24, 2.45) is 0 Å². The maximum atomic E-state index is 12.0. The highest BCUT2D eigenvalue weighted by atomic mass is 32.2. The Morgan fingerprint density at radius 1 is 1.14 bits per heavy atom. The quantitative estimate of drug-likeness (QED) is 0.551. The number of anilines is 1. The number of nitrogens with two attached hydrogens (primary N) is 1. The molecule has 148 valence electrons. The number of nitrogens with zero attached hydrogens (tertiary/aromatic N) is 4. The van der Waals surface area contributed by atoms with Gasteiger partial charge in [-0.2, -0.15) is 0 Å². The first-order chi connectivity index (χ1) is 13.8. The summed E-state index contributed by atoms with van der Waals surface area (Å²) in [6, 6.07) is 8.65. The number of nitrogen functional groups attached to an aromatic ring is 1. The lowest BCUT2D eigenvalue weighted by molar-refractivity contribution is 0.399. The second kappa shape index (κ2) is 6.85. The molecule has 0 saturated carbocycles. The maximum Gasteiger partial charge on any atom is 0.222 e. The molecule has 0 fully saturated rings. The lowest BCUT2D eigenvalue weighted by Gasteiger charge is -2.11. The predicted octanol–water partition coefficient (Wildman–Crippen LogP) is 2.76. The molecule has 0 aliphatic rings. The summed E-state index contributed by atoms with van der Waals surface area (Å²) >= 11 is 0. The summed E-state index contributed by atoms with van der Waals surface area (Å²) in [5.41, 5.74) is 10.3. The van der Waals surface area contributed by atoms with Gasteiger partial charge in [0.15, 0.2) is 21.3 Å². The van der Waals surface area contributed by atoms with Crippen molar-refractivity contribution in [2.75, 3.05) is 19.1 Å². The highest BCUT2D eigenvalue weighted by Crippen LogP contribution is 2.32. The highest BCUT2D eigenvalue weighted by molar-refractivity contribution is 7.90. The van der Waals surface area contributed by atoms with Crippen molar-refractivity contribution in [1.29, 1.82) is 0 Å². The third kappa shape index (κ3) is 3.29. The van der Waals surface area contributed by atoms with Gasteiger partial charge in [0.1, 0.15) is 0 Å². The van der Waals surface area contributed by atoms with Crippen molar-refractivity contribution < 1.29 is 13.2 Å². The van der Waals surface area contributed by atoms with Crippen molar-refractivity contribution in [1.82, 2.24) is 19.4 Å². The normalized spacial score (nSPS) is 11.7. The summed E-state index contributed by atoms with van der Waals surface area (Å²) in [4.78, 5) is 13.3. The average Bonchev–Trinajstić information content (AvgIpc) is 3.11. The van der Waals surface area contributed by atoms with Crippen molar-refractivity contribution in [2.45, 2.75) is 11.8 Å². The van der Waals surface area contributed by atoms with Crippen LogP contribution in [0.3, 0.4) is 0 Å². The minimum absolute atomic E-state index is 0.240. The van der Waals surface area contributed by atoms with E-state index in [0.29, 0.717) is 28.5 Å². The zero-order valence-corrected chi connectivity index (χ0v) is 16.9. The van der Waals surface area contributed by atoms with Crippen LogP contribution in [0.4, 0.5) is 5.82 Å². The number of hydrogen-bond donors (Lipinski definition) is 1. The molecular formula is C20H19N5O3S. The van der Waals surface area contributed by atoms with E-state index in [1.807, 2.05) is 13.0 Å². The SMILES string of the molecule is COc1ncccc1-c1cn2c(-c3cc(S(C)(=O)=O)ccc3C)cnc2c(N)n1. The summed E-state index contributed by atoms with van der Waals surface area (Å²) < 4.78 is 31.2. The van der Waals surface area contributed by atoms with E-state index in [1.165, 1.54) is 13.4 Å². The molecule has 0 aliphatic carbocycles. The molecule has 0 bridgehead atoms. The Bertz CT molecular complexity index is 1350. The fraction of sp³-hybridized carbons (Fsp3) is 0.150. The van der Waals surface area contributed by atoms with Crippen LogP contribution in [0, 0.1) is 6.92 Å². The van der Waals surface area contributed by atoms with Crippen molar-refractivity contribution in [3.63, 3.8) is 0 Å². The van der Waals surface area contributed by atoms with Crippen LogP contribution in [0.5, 0.6) is 5.88 Å². The van der Waals surface area contributed by atoms with Gasteiger partial charge in [-0.25, -0.2) is 23.4 Å². The van der Waals surface area contributed by atoms with Crippen LogP contribution in [-0.4, -0.2) is 41.1 Å². The molecular weight excluding hydrogens is 390 g/mol. The fourth-order valence-corrected chi connectivity index (χ4v) is 3.84. The van der Waals surface area contributed by atoms with E-state index in [0.717, 1.165) is 11.1 Å². The molecule has 0 saturated heterocycles. The van der Waals surface area contributed by atoms with Crippen LogP contribution in [0.15, 0.2) is 53.8 Å². The van der Waals surface area contributed by atoms with Gasteiger partial charge < -0.3 is 10.5 Å². The largest absolute Gasteiger partial charge is 0.481 e. The van der Waals surface area contributed by atoms with Gasteiger partial charge >= 0.3 is 0 Å². The van der Waals surface area contributed by atoms with Crippen molar-refractivity contribution in [3.05, 3.63) is 54.5 Å². The van der Waals surface area contributed by atoms with E-state index >= 15 is 0 Å². The molecule has 0 unspecified atom stereocenters. The molecule has 3 aromatic heterocycles. The van der Waals surface area contributed by atoms with E-state index in [1.54, 1.807) is 47.3 Å². The minimum atomic E-state index is -3.35. The molecule has 2 N–H and O–H groups in total. The standard InChI is InChI=1S/C20H19N5O3S/c1-12-6-7-13(29(3,26)27)9-15(12)17-10-23-19-18(21)24-16(11-25(17)19)14-5-4-8-22-20(14)28-2/h4-11H,1-3H3,(H2,21,24). The predicted molar refractivity (Wildman–Crippen MR) is 110 cm³/mol. The van der Waals surface area contributed by atoms with E-state index in [4.69, 9.17) is 10.5 Å². The Labute approximate surface area is 167 Å². The summed E-state index contributed by atoms with van der Waals surface area (Å²) in [5, 5.41) is 0. The summed E-state index contributed by atoms with van der Waals surface area (Å²) in [5.74, 6) is 0.673. The van der Waals surface area contributed by atoms with Crippen molar-refractivity contribution in [3.8, 4) is 28.4 Å². The molecule has 4 rings (SSSR count). The molecule has 0 radical (unpaired) electrons. The topological polar surface area (TPSA) is 112 Å². The summed E-state index contributed by atoms with van der Waals surface area (Å²) in [6.07, 6.45) is 6.27. The lowest BCUT2D eigenvalue weighted by atomic mass is 10.1. The average molecular weight is 409 g/mol. The monoisotopic (exact) mass is 409 g/mol. The number of rotatable bonds is 4. The minimum Gasteiger partial charge on any atom is -0.481 e. The number of aromatic nitrogens is 4. The molecule has 4 aromatic rings. The van der Waals surface area contributed by atoms with E-state index in [2.05, 4.69) is 15.0 Å². The Hall–Kier alpha value is -3.46. The number of methoxy groups -OCH3 is 1. The molecule has 8 nitrogen and oxygen atoms in total. The molecule has 29 heavy (non-hydrogen) atoms. The van der Waals surface area contributed by atoms with Crippen LogP contribution in [-0.2, 0) is 9.84 Å².